The Labute approximate surface area is 125 Å². The maximum Gasteiger partial charge on any atom is 0.254 e. The van der Waals surface area contributed by atoms with Crippen LogP contribution in [0.25, 0.3) is 0 Å². The fourth-order valence-corrected chi connectivity index (χ4v) is 2.55. The number of rotatable bonds is 3. The quantitative estimate of drug-likeness (QED) is 0.939. The van der Waals surface area contributed by atoms with Crippen LogP contribution in [-0.4, -0.2) is 32.0 Å². The van der Waals surface area contributed by atoms with Crippen molar-refractivity contribution in [1.29, 1.82) is 0 Å². The van der Waals surface area contributed by atoms with Gasteiger partial charge in [-0.05, 0) is 48.0 Å². The molecular formula is C17H19N3O. The molecule has 0 fully saturated rings. The monoisotopic (exact) mass is 281 g/mol. The molecule has 4 heteroatoms. The van der Waals surface area contributed by atoms with Crippen LogP contribution in [0.4, 0.5) is 17.1 Å². The van der Waals surface area contributed by atoms with Crippen molar-refractivity contribution in [2.75, 3.05) is 31.4 Å². The molecular weight excluding hydrogens is 262 g/mol. The molecule has 1 heterocycles. The highest BCUT2D eigenvalue weighted by Gasteiger charge is 2.24. The minimum Gasteiger partial charge on any atom is -0.378 e. The molecule has 4 nitrogen and oxygen atoms in total. The zero-order chi connectivity index (χ0) is 15.0. The first-order valence-corrected chi connectivity index (χ1v) is 6.97. The minimum absolute atomic E-state index is 0.104. The molecule has 0 aliphatic carbocycles. The van der Waals surface area contributed by atoms with Crippen molar-refractivity contribution in [2.24, 2.45) is 0 Å². The molecule has 3 rings (SSSR count). The van der Waals surface area contributed by atoms with Crippen molar-refractivity contribution in [1.82, 2.24) is 4.90 Å². The maximum atomic E-state index is 11.9. The van der Waals surface area contributed by atoms with E-state index in [0.29, 0.717) is 6.54 Å². The average Bonchev–Trinajstić information content (AvgIpc) is 2.74. The van der Waals surface area contributed by atoms with Gasteiger partial charge in [0.15, 0.2) is 0 Å². The third-order valence-corrected chi connectivity index (χ3v) is 3.76. The highest BCUT2D eigenvalue weighted by Crippen LogP contribution is 2.27. The van der Waals surface area contributed by atoms with Crippen LogP contribution in [0.5, 0.6) is 0 Å². The van der Waals surface area contributed by atoms with Crippen LogP contribution in [0.2, 0.25) is 0 Å². The summed E-state index contributed by atoms with van der Waals surface area (Å²) in [5.74, 6) is 0.104. The summed E-state index contributed by atoms with van der Waals surface area (Å²) in [6.45, 7) is 0.684. The van der Waals surface area contributed by atoms with E-state index in [1.165, 1.54) is 5.69 Å². The van der Waals surface area contributed by atoms with Crippen molar-refractivity contribution in [3.05, 3.63) is 53.6 Å². The molecule has 0 radical (unpaired) electrons. The molecule has 108 valence electrons. The van der Waals surface area contributed by atoms with Gasteiger partial charge < -0.3 is 15.1 Å². The van der Waals surface area contributed by atoms with Gasteiger partial charge in [0, 0.05) is 50.3 Å². The summed E-state index contributed by atoms with van der Waals surface area (Å²) in [4.78, 5) is 15.7. The van der Waals surface area contributed by atoms with E-state index in [0.717, 1.165) is 22.5 Å². The lowest BCUT2D eigenvalue weighted by Crippen LogP contribution is -2.17. The summed E-state index contributed by atoms with van der Waals surface area (Å²) in [5, 5.41) is 3.38. The number of amides is 1. The lowest BCUT2D eigenvalue weighted by Gasteiger charge is -2.13. The summed E-state index contributed by atoms with van der Waals surface area (Å²) < 4.78 is 0. The normalized spacial score (nSPS) is 13.3. The van der Waals surface area contributed by atoms with Gasteiger partial charge in [0.05, 0.1) is 0 Å². The molecule has 0 bridgehead atoms. The molecule has 0 spiro atoms. The summed E-state index contributed by atoms with van der Waals surface area (Å²) in [6.07, 6.45) is 0. The second-order valence-electron chi connectivity index (χ2n) is 5.60. The Balaban J connectivity index is 1.80. The van der Waals surface area contributed by atoms with E-state index in [2.05, 4.69) is 40.5 Å². The third-order valence-electron chi connectivity index (χ3n) is 3.76. The van der Waals surface area contributed by atoms with Crippen molar-refractivity contribution in [3.8, 4) is 0 Å². The van der Waals surface area contributed by atoms with Crippen LogP contribution >= 0.6 is 0 Å². The summed E-state index contributed by atoms with van der Waals surface area (Å²) in [6, 6.07) is 14.2. The zero-order valence-electron chi connectivity index (χ0n) is 12.6. The second kappa shape index (κ2) is 5.13. The van der Waals surface area contributed by atoms with Crippen molar-refractivity contribution >= 4 is 23.0 Å². The van der Waals surface area contributed by atoms with E-state index >= 15 is 0 Å². The predicted molar refractivity (Wildman–Crippen MR) is 86.3 cm³/mol. The zero-order valence-corrected chi connectivity index (χ0v) is 12.6. The lowest BCUT2D eigenvalue weighted by molar-refractivity contribution is 0.0816. The Bertz CT molecular complexity index is 677. The molecule has 1 aliphatic rings. The van der Waals surface area contributed by atoms with Gasteiger partial charge in [0.25, 0.3) is 5.91 Å². The molecule has 0 saturated carbocycles. The SMILES string of the molecule is CN1Cc2cc(Nc3ccc(N(C)C)cc3)ccc2C1=O. The van der Waals surface area contributed by atoms with E-state index in [-0.39, 0.29) is 5.91 Å². The van der Waals surface area contributed by atoms with Crippen LogP contribution in [0.15, 0.2) is 42.5 Å². The molecule has 0 aromatic heterocycles. The predicted octanol–water partition coefficient (Wildman–Crippen LogP) is 3.08. The third kappa shape index (κ3) is 2.57. The van der Waals surface area contributed by atoms with Crippen molar-refractivity contribution in [3.63, 3.8) is 0 Å². The molecule has 0 atom stereocenters. The topological polar surface area (TPSA) is 35.6 Å². The van der Waals surface area contributed by atoms with Crippen molar-refractivity contribution in [2.45, 2.75) is 6.54 Å². The highest BCUT2D eigenvalue weighted by atomic mass is 16.2. The van der Waals surface area contributed by atoms with E-state index < -0.39 is 0 Å². The molecule has 1 amide bonds. The van der Waals surface area contributed by atoms with Gasteiger partial charge in [-0.2, -0.15) is 0 Å². The van der Waals surface area contributed by atoms with Gasteiger partial charge in [-0.1, -0.05) is 0 Å². The van der Waals surface area contributed by atoms with Crippen LogP contribution in [-0.2, 0) is 6.54 Å². The first kappa shape index (κ1) is 13.5. The molecule has 1 N–H and O–H groups in total. The summed E-state index contributed by atoms with van der Waals surface area (Å²) in [5.41, 5.74) is 5.11. The van der Waals surface area contributed by atoms with Gasteiger partial charge >= 0.3 is 0 Å². The Morgan fingerprint density at radius 3 is 2.38 bits per heavy atom. The van der Waals surface area contributed by atoms with E-state index in [1.54, 1.807) is 4.90 Å². The molecule has 0 saturated heterocycles. The van der Waals surface area contributed by atoms with E-state index in [9.17, 15) is 4.79 Å². The number of carbonyl (C=O) groups excluding carboxylic acids is 1. The molecule has 2 aromatic rings. The fraction of sp³-hybridized carbons (Fsp3) is 0.235. The molecule has 2 aromatic carbocycles. The van der Waals surface area contributed by atoms with E-state index in [4.69, 9.17) is 0 Å². The number of anilines is 3. The number of nitrogens with zero attached hydrogens (tertiary/aromatic N) is 2. The van der Waals surface area contributed by atoms with Gasteiger partial charge in [0.2, 0.25) is 0 Å². The summed E-state index contributed by atoms with van der Waals surface area (Å²) in [7, 11) is 5.88. The maximum absolute atomic E-state index is 11.9. The number of nitrogens with one attached hydrogen (secondary N) is 1. The standard InChI is InChI=1S/C17H19N3O/c1-19(2)15-7-4-13(5-8-15)18-14-6-9-16-12(10-14)11-20(3)17(16)21/h4-10,18H,11H2,1-3H3. The number of fused-ring (bicyclic) bond motifs is 1. The number of carbonyl (C=O) groups is 1. The molecule has 1 aliphatic heterocycles. The fourth-order valence-electron chi connectivity index (χ4n) is 2.55. The largest absolute Gasteiger partial charge is 0.378 e. The van der Waals surface area contributed by atoms with Crippen LogP contribution in [0, 0.1) is 0 Å². The Morgan fingerprint density at radius 1 is 1.05 bits per heavy atom. The Morgan fingerprint density at radius 2 is 1.71 bits per heavy atom. The summed E-state index contributed by atoms with van der Waals surface area (Å²) >= 11 is 0. The molecule has 21 heavy (non-hydrogen) atoms. The number of hydrogen-bond donors (Lipinski definition) is 1. The van der Waals surface area contributed by atoms with Crippen molar-refractivity contribution < 1.29 is 4.79 Å². The average molecular weight is 281 g/mol. The Hall–Kier alpha value is -2.49. The van der Waals surface area contributed by atoms with Crippen LogP contribution in [0.3, 0.4) is 0 Å². The molecule has 0 unspecified atom stereocenters. The van der Waals surface area contributed by atoms with Gasteiger partial charge in [0.1, 0.15) is 0 Å². The van der Waals surface area contributed by atoms with Gasteiger partial charge in [-0.3, -0.25) is 4.79 Å². The van der Waals surface area contributed by atoms with Crippen LogP contribution < -0.4 is 10.2 Å². The first-order valence-electron chi connectivity index (χ1n) is 6.97. The smallest absolute Gasteiger partial charge is 0.254 e. The van der Waals surface area contributed by atoms with Gasteiger partial charge in [-0.15, -0.1) is 0 Å². The van der Waals surface area contributed by atoms with Crippen LogP contribution in [0.1, 0.15) is 15.9 Å². The lowest BCUT2D eigenvalue weighted by atomic mass is 10.1. The minimum atomic E-state index is 0.104. The van der Waals surface area contributed by atoms with Gasteiger partial charge in [-0.25, -0.2) is 0 Å². The Kier molecular flexibility index (Phi) is 3.29. The second-order valence-corrected chi connectivity index (χ2v) is 5.60. The highest BCUT2D eigenvalue weighted by molar-refractivity contribution is 5.98. The first-order chi connectivity index (χ1) is 10.0. The number of hydrogen-bond acceptors (Lipinski definition) is 3. The van der Waals surface area contributed by atoms with E-state index in [1.807, 2.05) is 33.3 Å². The number of benzene rings is 2.